The van der Waals surface area contributed by atoms with E-state index in [0.29, 0.717) is 5.69 Å². The highest BCUT2D eigenvalue weighted by Crippen LogP contribution is 2.26. The number of allylic oxidation sites excluding steroid dienone is 2. The standard InChI is InChI=1S/C18H15NO4/c1-9-4-5-12(6-10(9)2)19-14-8-15(21)13-7-16(11(3)20)23-18(13)17(14)22/h4-8,19H,1-3H3. The molecular weight excluding hydrogens is 294 g/mol. The molecule has 0 radical (unpaired) electrons. The molecule has 0 spiro atoms. The minimum absolute atomic E-state index is 0.0116. The number of carbonyl (C=O) groups is 3. The van der Waals surface area contributed by atoms with E-state index >= 15 is 0 Å². The van der Waals surface area contributed by atoms with Crippen molar-refractivity contribution in [2.45, 2.75) is 20.8 Å². The van der Waals surface area contributed by atoms with Crippen molar-refractivity contribution in [1.29, 1.82) is 0 Å². The largest absolute Gasteiger partial charge is 0.449 e. The molecule has 0 bridgehead atoms. The number of anilines is 1. The molecule has 0 saturated heterocycles. The molecule has 1 aromatic heterocycles. The lowest BCUT2D eigenvalue weighted by molar-refractivity contribution is 0.0950. The van der Waals surface area contributed by atoms with E-state index in [0.717, 1.165) is 11.1 Å². The van der Waals surface area contributed by atoms with Gasteiger partial charge in [-0.25, -0.2) is 0 Å². The number of fused-ring (bicyclic) bond motifs is 1. The first kappa shape index (κ1) is 15.0. The van der Waals surface area contributed by atoms with Crippen molar-refractivity contribution in [2.24, 2.45) is 0 Å². The second-order valence-corrected chi connectivity index (χ2v) is 5.59. The van der Waals surface area contributed by atoms with Crippen molar-refractivity contribution in [3.8, 4) is 0 Å². The first-order chi connectivity index (χ1) is 10.9. The van der Waals surface area contributed by atoms with E-state index in [4.69, 9.17) is 4.42 Å². The van der Waals surface area contributed by atoms with Gasteiger partial charge >= 0.3 is 0 Å². The Morgan fingerprint density at radius 3 is 2.48 bits per heavy atom. The van der Waals surface area contributed by atoms with E-state index in [1.165, 1.54) is 19.1 Å². The molecule has 0 amide bonds. The van der Waals surface area contributed by atoms with Crippen LogP contribution >= 0.6 is 0 Å². The van der Waals surface area contributed by atoms with Crippen LogP contribution in [0.3, 0.4) is 0 Å². The monoisotopic (exact) mass is 309 g/mol. The predicted octanol–water partition coefficient (Wildman–Crippen LogP) is 3.47. The second kappa shape index (κ2) is 5.35. The number of aryl methyl sites for hydroxylation is 2. The van der Waals surface area contributed by atoms with Gasteiger partial charge in [-0.15, -0.1) is 0 Å². The van der Waals surface area contributed by atoms with Crippen molar-refractivity contribution in [2.75, 3.05) is 5.32 Å². The lowest BCUT2D eigenvalue weighted by atomic mass is 9.99. The molecule has 0 fully saturated rings. The van der Waals surface area contributed by atoms with Gasteiger partial charge in [0.1, 0.15) is 0 Å². The SMILES string of the molecule is CC(=O)c1cc2c(o1)C(=O)C(Nc1ccc(C)c(C)c1)=CC2=O. The van der Waals surface area contributed by atoms with Crippen molar-refractivity contribution in [3.63, 3.8) is 0 Å². The maximum absolute atomic E-state index is 12.5. The number of ketones is 3. The Kier molecular flexibility index (Phi) is 3.48. The summed E-state index contributed by atoms with van der Waals surface area (Å²) in [7, 11) is 0. The van der Waals surface area contributed by atoms with Crippen LogP contribution in [0, 0.1) is 13.8 Å². The number of furan rings is 1. The molecule has 5 nitrogen and oxygen atoms in total. The summed E-state index contributed by atoms with van der Waals surface area (Å²) in [6.45, 7) is 5.28. The minimum Gasteiger partial charge on any atom is -0.449 e. The van der Waals surface area contributed by atoms with Gasteiger partial charge < -0.3 is 9.73 Å². The summed E-state index contributed by atoms with van der Waals surface area (Å²) in [5.41, 5.74) is 3.18. The van der Waals surface area contributed by atoms with E-state index in [9.17, 15) is 14.4 Å². The molecule has 1 heterocycles. The third-order valence-electron chi connectivity index (χ3n) is 3.86. The summed E-state index contributed by atoms with van der Waals surface area (Å²) in [5.74, 6) is -1.21. The van der Waals surface area contributed by atoms with Gasteiger partial charge in [0.25, 0.3) is 0 Å². The number of rotatable bonds is 3. The topological polar surface area (TPSA) is 76.4 Å². The molecule has 0 saturated carbocycles. The summed E-state index contributed by atoms with van der Waals surface area (Å²) in [6.07, 6.45) is 1.24. The van der Waals surface area contributed by atoms with Crippen molar-refractivity contribution < 1.29 is 18.8 Å². The maximum atomic E-state index is 12.5. The summed E-state index contributed by atoms with van der Waals surface area (Å²) < 4.78 is 5.26. The van der Waals surface area contributed by atoms with Gasteiger partial charge in [-0.2, -0.15) is 0 Å². The zero-order valence-corrected chi connectivity index (χ0v) is 13.0. The quantitative estimate of drug-likeness (QED) is 0.878. The minimum atomic E-state index is -0.440. The van der Waals surface area contributed by atoms with Gasteiger partial charge in [0, 0.05) is 18.7 Å². The molecule has 23 heavy (non-hydrogen) atoms. The average molecular weight is 309 g/mol. The molecule has 0 aliphatic heterocycles. The fourth-order valence-electron chi connectivity index (χ4n) is 2.38. The summed E-state index contributed by atoms with van der Waals surface area (Å²) in [5, 5.41) is 2.95. The lowest BCUT2D eigenvalue weighted by Crippen LogP contribution is -2.20. The molecule has 0 atom stereocenters. The Balaban J connectivity index is 1.95. The molecule has 1 aliphatic rings. The predicted molar refractivity (Wildman–Crippen MR) is 85.0 cm³/mol. The first-order valence-electron chi connectivity index (χ1n) is 7.16. The Morgan fingerprint density at radius 1 is 1.09 bits per heavy atom. The molecule has 1 N–H and O–H groups in total. The molecule has 0 unspecified atom stereocenters. The van der Waals surface area contributed by atoms with Crippen molar-refractivity contribution in [3.05, 3.63) is 64.2 Å². The van der Waals surface area contributed by atoms with Crippen LogP contribution in [0.1, 0.15) is 49.5 Å². The molecular formula is C18H15NO4. The Bertz CT molecular complexity index is 886. The second-order valence-electron chi connectivity index (χ2n) is 5.59. The van der Waals surface area contributed by atoms with E-state index in [-0.39, 0.29) is 34.3 Å². The van der Waals surface area contributed by atoms with Crippen LogP contribution in [0.15, 0.2) is 40.5 Å². The van der Waals surface area contributed by atoms with E-state index < -0.39 is 5.78 Å². The van der Waals surface area contributed by atoms with E-state index in [2.05, 4.69) is 5.32 Å². The first-order valence-corrected chi connectivity index (χ1v) is 7.16. The van der Waals surface area contributed by atoms with E-state index in [1.54, 1.807) is 0 Å². The van der Waals surface area contributed by atoms with Crippen molar-refractivity contribution >= 4 is 23.0 Å². The molecule has 3 rings (SSSR count). The van der Waals surface area contributed by atoms with Crippen LogP contribution in [-0.4, -0.2) is 17.3 Å². The lowest BCUT2D eigenvalue weighted by Gasteiger charge is -2.14. The van der Waals surface area contributed by atoms with Gasteiger partial charge in [0.2, 0.25) is 5.78 Å². The van der Waals surface area contributed by atoms with Crippen LogP contribution in [0.5, 0.6) is 0 Å². The van der Waals surface area contributed by atoms with Crippen LogP contribution in [0.4, 0.5) is 5.69 Å². The number of Topliss-reactive ketones (excluding diaryl/α,β-unsaturated/α-hetero) is 2. The van der Waals surface area contributed by atoms with Crippen LogP contribution < -0.4 is 5.32 Å². The van der Waals surface area contributed by atoms with Gasteiger partial charge in [-0.3, -0.25) is 14.4 Å². The number of hydrogen-bond acceptors (Lipinski definition) is 5. The van der Waals surface area contributed by atoms with E-state index in [1.807, 2.05) is 32.0 Å². The molecule has 1 aliphatic carbocycles. The Morgan fingerprint density at radius 2 is 1.83 bits per heavy atom. The maximum Gasteiger partial charge on any atom is 0.245 e. The zero-order valence-electron chi connectivity index (χ0n) is 13.0. The van der Waals surface area contributed by atoms with Crippen LogP contribution in [0.25, 0.3) is 0 Å². The van der Waals surface area contributed by atoms with Gasteiger partial charge in [-0.05, 0) is 43.2 Å². The third kappa shape index (κ3) is 2.61. The highest BCUT2D eigenvalue weighted by molar-refractivity contribution is 6.24. The zero-order chi connectivity index (χ0) is 16.7. The number of carbonyl (C=O) groups excluding carboxylic acids is 3. The number of nitrogens with one attached hydrogen (secondary N) is 1. The highest BCUT2D eigenvalue weighted by atomic mass is 16.4. The molecule has 116 valence electrons. The van der Waals surface area contributed by atoms with Gasteiger partial charge in [0.15, 0.2) is 23.1 Å². The Hall–Kier alpha value is -2.95. The Labute approximate surface area is 133 Å². The van der Waals surface area contributed by atoms with Gasteiger partial charge in [0.05, 0.1) is 11.3 Å². The smallest absolute Gasteiger partial charge is 0.245 e. The van der Waals surface area contributed by atoms with Gasteiger partial charge in [-0.1, -0.05) is 6.07 Å². The molecule has 5 heteroatoms. The summed E-state index contributed by atoms with van der Waals surface area (Å²) in [4.78, 5) is 36.0. The average Bonchev–Trinajstić information content (AvgIpc) is 2.94. The fraction of sp³-hybridized carbons (Fsp3) is 0.167. The highest BCUT2D eigenvalue weighted by Gasteiger charge is 2.31. The fourth-order valence-corrected chi connectivity index (χ4v) is 2.38. The normalized spacial score (nSPS) is 13.6. The van der Waals surface area contributed by atoms with Crippen LogP contribution in [0.2, 0.25) is 0 Å². The number of hydrogen-bond donors (Lipinski definition) is 1. The molecule has 1 aromatic carbocycles. The number of benzene rings is 1. The molecule has 2 aromatic rings. The van der Waals surface area contributed by atoms with Crippen molar-refractivity contribution in [1.82, 2.24) is 0 Å². The summed E-state index contributed by atoms with van der Waals surface area (Å²) in [6, 6.07) is 6.98. The third-order valence-corrected chi connectivity index (χ3v) is 3.86. The summed E-state index contributed by atoms with van der Waals surface area (Å²) >= 11 is 0. The van der Waals surface area contributed by atoms with Crippen LogP contribution in [-0.2, 0) is 0 Å².